The molecule has 3 aromatic rings. The van der Waals surface area contributed by atoms with E-state index in [0.29, 0.717) is 10.4 Å². The van der Waals surface area contributed by atoms with Crippen molar-refractivity contribution >= 4 is 17.2 Å². The number of nitrogens with one attached hydrogen (secondary N) is 1. The first-order valence-electron chi connectivity index (χ1n) is 10.6. The van der Waals surface area contributed by atoms with E-state index in [1.165, 1.54) is 28.5 Å². The van der Waals surface area contributed by atoms with Crippen molar-refractivity contribution in [2.24, 2.45) is 0 Å². The molecule has 2 heterocycles. The number of halogens is 1. The molecule has 1 N–H and O–H groups in total. The smallest absolute Gasteiger partial charge is 0.261 e. The molecule has 1 fully saturated rings. The normalized spacial score (nSPS) is 15.3. The minimum Gasteiger partial charge on any atom is -0.349 e. The van der Waals surface area contributed by atoms with Crippen LogP contribution in [0.5, 0.6) is 0 Å². The number of hydrogen-bond acceptors (Lipinski definition) is 3. The average Bonchev–Trinajstić information content (AvgIpc) is 3.26. The largest absolute Gasteiger partial charge is 0.349 e. The van der Waals surface area contributed by atoms with Crippen LogP contribution in [-0.4, -0.2) is 29.9 Å². The molecule has 1 aliphatic rings. The third kappa shape index (κ3) is 4.97. The molecule has 5 heteroatoms. The predicted molar refractivity (Wildman–Crippen MR) is 121 cm³/mol. The van der Waals surface area contributed by atoms with Gasteiger partial charge in [0.1, 0.15) is 5.82 Å². The van der Waals surface area contributed by atoms with Gasteiger partial charge in [-0.3, -0.25) is 9.69 Å². The summed E-state index contributed by atoms with van der Waals surface area (Å²) in [5.74, 6) is -0.320. The summed E-state index contributed by atoms with van der Waals surface area (Å²) in [6, 6.07) is 19.3. The van der Waals surface area contributed by atoms with Crippen LogP contribution in [0.15, 0.2) is 60.7 Å². The highest BCUT2D eigenvalue weighted by molar-refractivity contribution is 7.17. The van der Waals surface area contributed by atoms with Gasteiger partial charge in [-0.15, -0.1) is 11.3 Å². The van der Waals surface area contributed by atoms with Gasteiger partial charge in [0.25, 0.3) is 5.91 Å². The minimum absolute atomic E-state index is 0.0591. The topological polar surface area (TPSA) is 32.3 Å². The third-order valence-electron chi connectivity index (χ3n) is 5.73. The molecule has 2 aromatic carbocycles. The number of piperidine rings is 1. The Morgan fingerprint density at radius 1 is 1.03 bits per heavy atom. The van der Waals surface area contributed by atoms with Crippen molar-refractivity contribution in [3.8, 4) is 10.4 Å². The summed E-state index contributed by atoms with van der Waals surface area (Å²) in [6.45, 7) is 5.09. The Labute approximate surface area is 181 Å². The lowest BCUT2D eigenvalue weighted by molar-refractivity contribution is 0.0913. The number of amides is 1. The third-order valence-corrected chi connectivity index (χ3v) is 6.85. The zero-order chi connectivity index (χ0) is 20.9. The van der Waals surface area contributed by atoms with Gasteiger partial charge in [-0.1, -0.05) is 49.4 Å². The maximum atomic E-state index is 14.0. The lowest BCUT2D eigenvalue weighted by Crippen LogP contribution is -2.44. The first-order chi connectivity index (χ1) is 14.6. The minimum atomic E-state index is -0.261. The molecule has 0 unspecified atom stereocenters. The number of likely N-dealkylation sites (tertiary alicyclic amines) is 1. The van der Waals surface area contributed by atoms with Crippen molar-refractivity contribution in [3.63, 3.8) is 0 Å². The fraction of sp³-hybridized carbons (Fsp3) is 0.320. The number of benzene rings is 2. The molecule has 0 saturated carbocycles. The molecule has 4 rings (SSSR count). The summed E-state index contributed by atoms with van der Waals surface area (Å²) in [4.78, 5) is 16.5. The fourth-order valence-corrected chi connectivity index (χ4v) is 4.83. The van der Waals surface area contributed by atoms with Crippen LogP contribution in [0.1, 0.15) is 40.6 Å². The van der Waals surface area contributed by atoms with Gasteiger partial charge in [-0.2, -0.15) is 0 Å². The molecule has 1 aromatic heterocycles. The first kappa shape index (κ1) is 20.8. The molecule has 1 saturated heterocycles. The van der Waals surface area contributed by atoms with E-state index in [0.717, 1.165) is 43.8 Å². The Hall–Kier alpha value is -2.50. The van der Waals surface area contributed by atoms with Gasteiger partial charge in [-0.05, 0) is 48.6 Å². The molecule has 156 valence electrons. The van der Waals surface area contributed by atoms with Gasteiger partial charge < -0.3 is 5.32 Å². The summed E-state index contributed by atoms with van der Waals surface area (Å²) in [5.41, 5.74) is 3.25. The second-order valence-corrected chi connectivity index (χ2v) is 8.92. The molecule has 0 aliphatic carbocycles. The summed E-state index contributed by atoms with van der Waals surface area (Å²) in [7, 11) is 0. The van der Waals surface area contributed by atoms with Crippen LogP contribution in [0, 0.1) is 5.82 Å². The van der Waals surface area contributed by atoms with Crippen LogP contribution >= 0.6 is 11.3 Å². The molecule has 0 radical (unpaired) electrons. The second-order valence-electron chi connectivity index (χ2n) is 7.84. The maximum Gasteiger partial charge on any atom is 0.261 e. The number of thiophene rings is 1. The molecule has 3 nitrogen and oxygen atoms in total. The number of rotatable bonds is 6. The van der Waals surface area contributed by atoms with E-state index in [4.69, 9.17) is 0 Å². The van der Waals surface area contributed by atoms with Crippen LogP contribution in [0.25, 0.3) is 10.4 Å². The van der Waals surface area contributed by atoms with Crippen molar-refractivity contribution in [1.29, 1.82) is 0 Å². The standard InChI is InChI=1S/C25H27FN2OS/c1-2-18-7-9-19(10-8-18)17-28-15-13-20(14-16-28)27-25(29)24-12-11-23(30-24)21-5-3-4-6-22(21)26/h3-12,20H,2,13-17H2,1H3,(H,27,29). The number of aryl methyl sites for hydroxylation is 1. The van der Waals surface area contributed by atoms with Gasteiger partial charge in [0, 0.05) is 36.1 Å². The van der Waals surface area contributed by atoms with Crippen molar-refractivity contribution in [2.75, 3.05) is 13.1 Å². The molecular weight excluding hydrogens is 395 g/mol. The quantitative estimate of drug-likeness (QED) is 0.568. The molecular formula is C25H27FN2OS. The summed E-state index contributed by atoms with van der Waals surface area (Å²) in [5, 5.41) is 3.17. The van der Waals surface area contributed by atoms with E-state index >= 15 is 0 Å². The first-order valence-corrected chi connectivity index (χ1v) is 11.4. The van der Waals surface area contributed by atoms with Crippen molar-refractivity contribution in [3.05, 3.63) is 82.5 Å². The van der Waals surface area contributed by atoms with E-state index in [-0.39, 0.29) is 17.8 Å². The summed E-state index contributed by atoms with van der Waals surface area (Å²) < 4.78 is 14.0. The van der Waals surface area contributed by atoms with E-state index in [2.05, 4.69) is 41.4 Å². The fourth-order valence-electron chi connectivity index (χ4n) is 3.90. The molecule has 0 spiro atoms. The van der Waals surface area contributed by atoms with Gasteiger partial charge in [-0.25, -0.2) is 4.39 Å². The van der Waals surface area contributed by atoms with Gasteiger partial charge in [0.05, 0.1) is 4.88 Å². The van der Waals surface area contributed by atoms with Crippen molar-refractivity contribution in [2.45, 2.75) is 38.8 Å². The van der Waals surface area contributed by atoms with E-state index in [9.17, 15) is 9.18 Å². The molecule has 0 bridgehead atoms. The molecule has 1 aliphatic heterocycles. The van der Waals surface area contributed by atoms with Crippen LogP contribution in [0.4, 0.5) is 4.39 Å². The van der Waals surface area contributed by atoms with Crippen LogP contribution in [-0.2, 0) is 13.0 Å². The van der Waals surface area contributed by atoms with Gasteiger partial charge in [0.2, 0.25) is 0 Å². The predicted octanol–water partition coefficient (Wildman–Crippen LogP) is 5.51. The Balaban J connectivity index is 1.29. The SMILES string of the molecule is CCc1ccc(CN2CCC(NC(=O)c3ccc(-c4ccccc4F)s3)CC2)cc1. The van der Waals surface area contributed by atoms with Gasteiger partial charge >= 0.3 is 0 Å². The monoisotopic (exact) mass is 422 g/mol. The lowest BCUT2D eigenvalue weighted by atomic mass is 10.0. The van der Waals surface area contributed by atoms with Gasteiger partial charge in [0.15, 0.2) is 0 Å². The average molecular weight is 423 g/mol. The Bertz CT molecular complexity index is 990. The lowest BCUT2D eigenvalue weighted by Gasteiger charge is -2.32. The van der Waals surface area contributed by atoms with E-state index in [1.807, 2.05) is 12.1 Å². The second kappa shape index (κ2) is 9.54. The molecule has 1 amide bonds. The Morgan fingerprint density at radius 3 is 2.43 bits per heavy atom. The number of carbonyl (C=O) groups excluding carboxylic acids is 1. The highest BCUT2D eigenvalue weighted by Crippen LogP contribution is 2.30. The van der Waals surface area contributed by atoms with Crippen molar-refractivity contribution in [1.82, 2.24) is 10.2 Å². The number of hydrogen-bond donors (Lipinski definition) is 1. The van der Waals surface area contributed by atoms with Crippen LogP contribution in [0.2, 0.25) is 0 Å². The highest BCUT2D eigenvalue weighted by atomic mass is 32.1. The summed E-state index contributed by atoms with van der Waals surface area (Å²) in [6.07, 6.45) is 2.96. The van der Waals surface area contributed by atoms with E-state index < -0.39 is 0 Å². The highest BCUT2D eigenvalue weighted by Gasteiger charge is 2.22. The zero-order valence-corrected chi connectivity index (χ0v) is 18.1. The maximum absolute atomic E-state index is 14.0. The summed E-state index contributed by atoms with van der Waals surface area (Å²) >= 11 is 1.34. The molecule has 0 atom stereocenters. The van der Waals surface area contributed by atoms with Crippen LogP contribution in [0.3, 0.4) is 0 Å². The number of carbonyl (C=O) groups is 1. The number of nitrogens with zero attached hydrogens (tertiary/aromatic N) is 1. The van der Waals surface area contributed by atoms with E-state index in [1.54, 1.807) is 18.2 Å². The molecule has 30 heavy (non-hydrogen) atoms. The zero-order valence-electron chi connectivity index (χ0n) is 17.2. The Morgan fingerprint density at radius 2 is 1.73 bits per heavy atom. The van der Waals surface area contributed by atoms with Crippen molar-refractivity contribution < 1.29 is 9.18 Å². The Kier molecular flexibility index (Phi) is 6.60. The van der Waals surface area contributed by atoms with Crippen LogP contribution < -0.4 is 5.32 Å².